The summed E-state index contributed by atoms with van der Waals surface area (Å²) in [5, 5.41) is 3.79. The standard InChI is InChI=1S/C11H15ClFN/c1-3-8(2)14-7-9-6-10(12)4-5-11(9)13/h4-6,8,14H,3,7H2,1-2H3. The highest BCUT2D eigenvalue weighted by atomic mass is 35.5. The molecule has 0 bridgehead atoms. The van der Waals surface area contributed by atoms with Crippen LogP contribution in [0.3, 0.4) is 0 Å². The number of hydrogen-bond donors (Lipinski definition) is 1. The molecule has 1 aromatic carbocycles. The SMILES string of the molecule is CCC(C)NCc1cc(Cl)ccc1F. The quantitative estimate of drug-likeness (QED) is 0.812. The molecule has 3 heteroatoms. The van der Waals surface area contributed by atoms with Crippen LogP contribution in [0.15, 0.2) is 18.2 Å². The maximum atomic E-state index is 13.2. The third kappa shape index (κ3) is 3.28. The Hall–Kier alpha value is -0.600. The van der Waals surface area contributed by atoms with E-state index >= 15 is 0 Å². The van der Waals surface area contributed by atoms with E-state index in [0.29, 0.717) is 23.2 Å². The second kappa shape index (κ2) is 5.32. The lowest BCUT2D eigenvalue weighted by atomic mass is 10.2. The fraction of sp³-hybridized carbons (Fsp3) is 0.455. The van der Waals surface area contributed by atoms with E-state index in [4.69, 9.17) is 11.6 Å². The van der Waals surface area contributed by atoms with Gasteiger partial charge in [-0.15, -0.1) is 0 Å². The van der Waals surface area contributed by atoms with Gasteiger partial charge in [-0.05, 0) is 31.5 Å². The van der Waals surface area contributed by atoms with Crippen molar-refractivity contribution in [2.24, 2.45) is 0 Å². The molecule has 0 amide bonds. The highest BCUT2D eigenvalue weighted by molar-refractivity contribution is 6.30. The molecule has 14 heavy (non-hydrogen) atoms. The second-order valence-electron chi connectivity index (χ2n) is 3.43. The van der Waals surface area contributed by atoms with E-state index in [9.17, 15) is 4.39 Å². The van der Waals surface area contributed by atoms with Gasteiger partial charge in [0.05, 0.1) is 0 Å². The Kier molecular flexibility index (Phi) is 4.36. The Labute approximate surface area is 89.3 Å². The Morgan fingerprint density at radius 2 is 2.21 bits per heavy atom. The first-order valence-corrected chi connectivity index (χ1v) is 5.18. The van der Waals surface area contributed by atoms with Crippen LogP contribution in [0.1, 0.15) is 25.8 Å². The van der Waals surface area contributed by atoms with Crippen molar-refractivity contribution in [2.45, 2.75) is 32.9 Å². The van der Waals surface area contributed by atoms with Gasteiger partial charge in [0.15, 0.2) is 0 Å². The van der Waals surface area contributed by atoms with Crippen LogP contribution in [0, 0.1) is 5.82 Å². The zero-order chi connectivity index (χ0) is 10.6. The average Bonchev–Trinajstić information content (AvgIpc) is 2.19. The molecule has 1 aromatic rings. The zero-order valence-corrected chi connectivity index (χ0v) is 9.24. The molecule has 0 heterocycles. The molecule has 1 unspecified atom stereocenters. The Bertz CT molecular complexity index is 301. The molecule has 0 aromatic heterocycles. The first kappa shape index (κ1) is 11.5. The van der Waals surface area contributed by atoms with Gasteiger partial charge in [-0.2, -0.15) is 0 Å². The second-order valence-corrected chi connectivity index (χ2v) is 3.86. The molecule has 1 nitrogen and oxygen atoms in total. The number of nitrogens with one attached hydrogen (secondary N) is 1. The van der Waals surface area contributed by atoms with Crippen molar-refractivity contribution in [1.29, 1.82) is 0 Å². The van der Waals surface area contributed by atoms with E-state index < -0.39 is 0 Å². The molecule has 0 spiro atoms. The van der Waals surface area contributed by atoms with E-state index in [0.717, 1.165) is 6.42 Å². The van der Waals surface area contributed by atoms with E-state index in [-0.39, 0.29) is 5.82 Å². The largest absolute Gasteiger partial charge is 0.310 e. The first-order valence-electron chi connectivity index (χ1n) is 4.80. The van der Waals surface area contributed by atoms with Gasteiger partial charge in [0.2, 0.25) is 0 Å². The van der Waals surface area contributed by atoms with Gasteiger partial charge >= 0.3 is 0 Å². The molecule has 1 atom stereocenters. The minimum Gasteiger partial charge on any atom is -0.310 e. The molecule has 0 radical (unpaired) electrons. The third-order valence-electron chi connectivity index (χ3n) is 2.26. The number of benzene rings is 1. The molecule has 1 N–H and O–H groups in total. The van der Waals surface area contributed by atoms with Crippen LogP contribution in [-0.2, 0) is 6.54 Å². The molecule has 0 aliphatic rings. The normalized spacial score (nSPS) is 12.9. The van der Waals surface area contributed by atoms with Gasteiger partial charge in [-0.25, -0.2) is 4.39 Å². The maximum absolute atomic E-state index is 13.2. The van der Waals surface area contributed by atoms with Gasteiger partial charge in [-0.1, -0.05) is 18.5 Å². The average molecular weight is 216 g/mol. The minimum atomic E-state index is -0.204. The lowest BCUT2D eigenvalue weighted by molar-refractivity contribution is 0.517. The summed E-state index contributed by atoms with van der Waals surface area (Å²) in [5.41, 5.74) is 0.623. The van der Waals surface area contributed by atoms with Crippen molar-refractivity contribution in [3.8, 4) is 0 Å². The van der Waals surface area contributed by atoms with Crippen LogP contribution in [0.2, 0.25) is 5.02 Å². The summed E-state index contributed by atoms with van der Waals surface area (Å²) in [6.07, 6.45) is 1.03. The fourth-order valence-corrected chi connectivity index (χ4v) is 1.30. The molecule has 78 valence electrons. The summed E-state index contributed by atoms with van der Waals surface area (Å²) >= 11 is 5.77. The molecular weight excluding hydrogens is 201 g/mol. The fourth-order valence-electron chi connectivity index (χ4n) is 1.11. The number of rotatable bonds is 4. The highest BCUT2D eigenvalue weighted by Gasteiger charge is 2.04. The van der Waals surface area contributed by atoms with E-state index in [1.165, 1.54) is 6.07 Å². The Balaban J connectivity index is 2.62. The van der Waals surface area contributed by atoms with Crippen molar-refractivity contribution >= 4 is 11.6 Å². The third-order valence-corrected chi connectivity index (χ3v) is 2.50. The molecule has 0 aliphatic carbocycles. The predicted molar refractivity (Wildman–Crippen MR) is 58.0 cm³/mol. The Morgan fingerprint density at radius 1 is 1.50 bits per heavy atom. The number of halogens is 2. The van der Waals surface area contributed by atoms with E-state index in [1.54, 1.807) is 12.1 Å². The zero-order valence-electron chi connectivity index (χ0n) is 8.48. The van der Waals surface area contributed by atoms with E-state index in [2.05, 4.69) is 19.2 Å². The van der Waals surface area contributed by atoms with Crippen LogP contribution < -0.4 is 5.32 Å². The van der Waals surface area contributed by atoms with Crippen molar-refractivity contribution in [1.82, 2.24) is 5.32 Å². The predicted octanol–water partition coefficient (Wildman–Crippen LogP) is 3.37. The van der Waals surface area contributed by atoms with Gasteiger partial charge in [-0.3, -0.25) is 0 Å². The smallest absolute Gasteiger partial charge is 0.127 e. The summed E-state index contributed by atoms with van der Waals surface area (Å²) in [7, 11) is 0. The topological polar surface area (TPSA) is 12.0 Å². The molecule has 0 fully saturated rings. The Morgan fingerprint density at radius 3 is 2.86 bits per heavy atom. The molecule has 1 rings (SSSR count). The highest BCUT2D eigenvalue weighted by Crippen LogP contribution is 2.14. The van der Waals surface area contributed by atoms with Crippen molar-refractivity contribution in [2.75, 3.05) is 0 Å². The van der Waals surface area contributed by atoms with Gasteiger partial charge < -0.3 is 5.32 Å². The summed E-state index contributed by atoms with van der Waals surface area (Å²) in [6.45, 7) is 4.69. The van der Waals surface area contributed by atoms with Crippen LogP contribution in [0.5, 0.6) is 0 Å². The first-order chi connectivity index (χ1) is 6.63. The maximum Gasteiger partial charge on any atom is 0.127 e. The van der Waals surface area contributed by atoms with Crippen molar-refractivity contribution in [3.63, 3.8) is 0 Å². The lowest BCUT2D eigenvalue weighted by Gasteiger charge is -2.11. The van der Waals surface area contributed by atoms with Crippen LogP contribution in [0.25, 0.3) is 0 Å². The summed E-state index contributed by atoms with van der Waals surface area (Å²) in [4.78, 5) is 0. The van der Waals surface area contributed by atoms with Crippen molar-refractivity contribution < 1.29 is 4.39 Å². The summed E-state index contributed by atoms with van der Waals surface area (Å²) < 4.78 is 13.2. The lowest BCUT2D eigenvalue weighted by Crippen LogP contribution is -2.24. The van der Waals surface area contributed by atoms with Gasteiger partial charge in [0.1, 0.15) is 5.82 Å². The van der Waals surface area contributed by atoms with Crippen LogP contribution >= 0.6 is 11.6 Å². The van der Waals surface area contributed by atoms with Gasteiger partial charge in [0, 0.05) is 23.2 Å². The summed E-state index contributed by atoms with van der Waals surface area (Å²) in [6, 6.07) is 5.01. The minimum absolute atomic E-state index is 0.204. The monoisotopic (exact) mass is 215 g/mol. The molecule has 0 saturated heterocycles. The van der Waals surface area contributed by atoms with Gasteiger partial charge in [0.25, 0.3) is 0 Å². The van der Waals surface area contributed by atoms with E-state index in [1.807, 2.05) is 0 Å². The molecular formula is C11H15ClFN. The molecule has 0 aliphatic heterocycles. The number of hydrogen-bond acceptors (Lipinski definition) is 1. The van der Waals surface area contributed by atoms with Crippen LogP contribution in [0.4, 0.5) is 4.39 Å². The summed E-state index contributed by atoms with van der Waals surface area (Å²) in [5.74, 6) is -0.204. The van der Waals surface area contributed by atoms with Crippen molar-refractivity contribution in [3.05, 3.63) is 34.6 Å². The molecule has 0 saturated carbocycles. The van der Waals surface area contributed by atoms with Crippen LogP contribution in [-0.4, -0.2) is 6.04 Å².